The highest BCUT2D eigenvalue weighted by atomic mass is 16.6. The minimum absolute atomic E-state index is 0.159. The van der Waals surface area contributed by atoms with Crippen molar-refractivity contribution in [3.8, 4) is 5.75 Å². The Balaban J connectivity index is 1.87. The Morgan fingerprint density at radius 3 is 2.83 bits per heavy atom. The monoisotopic (exact) mass is 319 g/mol. The molecule has 0 bridgehead atoms. The van der Waals surface area contributed by atoms with E-state index in [1.165, 1.54) is 6.08 Å². The first-order valence-corrected chi connectivity index (χ1v) is 7.15. The molecule has 0 aliphatic carbocycles. The van der Waals surface area contributed by atoms with Crippen LogP contribution in [0.3, 0.4) is 0 Å². The van der Waals surface area contributed by atoms with Gasteiger partial charge in [-0.15, -0.1) is 0 Å². The van der Waals surface area contributed by atoms with E-state index in [4.69, 9.17) is 9.47 Å². The first-order valence-electron chi connectivity index (χ1n) is 7.15. The molecular formula is C16H17NO6. The van der Waals surface area contributed by atoms with Crippen molar-refractivity contribution in [2.45, 2.75) is 6.92 Å². The van der Waals surface area contributed by atoms with E-state index in [1.807, 2.05) is 19.1 Å². The second-order valence-corrected chi connectivity index (χ2v) is 4.57. The average molecular weight is 319 g/mol. The topological polar surface area (TPSA) is 82.1 Å². The summed E-state index contributed by atoms with van der Waals surface area (Å²) in [6.07, 6.45) is 2.03. The summed E-state index contributed by atoms with van der Waals surface area (Å²) in [6.45, 7) is 2.20. The minimum atomic E-state index is -0.716. The molecule has 1 saturated heterocycles. The molecule has 1 aromatic rings. The van der Waals surface area contributed by atoms with Crippen molar-refractivity contribution in [3.63, 3.8) is 0 Å². The summed E-state index contributed by atoms with van der Waals surface area (Å²) in [4.78, 5) is 35.4. The summed E-state index contributed by atoms with van der Waals surface area (Å²) in [7, 11) is 0. The lowest BCUT2D eigenvalue weighted by molar-refractivity contribution is -0.146. The van der Waals surface area contributed by atoms with Crippen molar-refractivity contribution in [2.24, 2.45) is 0 Å². The zero-order chi connectivity index (χ0) is 16.7. The fraction of sp³-hybridized carbons (Fsp3) is 0.312. The Labute approximate surface area is 133 Å². The van der Waals surface area contributed by atoms with Crippen molar-refractivity contribution in [1.29, 1.82) is 0 Å². The van der Waals surface area contributed by atoms with Gasteiger partial charge in [0.25, 0.3) is 5.91 Å². The van der Waals surface area contributed by atoms with E-state index in [1.54, 1.807) is 18.2 Å². The third-order valence-corrected chi connectivity index (χ3v) is 3.02. The van der Waals surface area contributed by atoms with Crippen LogP contribution in [0.2, 0.25) is 0 Å². The van der Waals surface area contributed by atoms with Gasteiger partial charge in [0.1, 0.15) is 12.4 Å². The molecule has 1 fully saturated rings. The number of carbonyl (C=O) groups is 3. The van der Waals surface area contributed by atoms with E-state index in [0.29, 0.717) is 12.4 Å². The van der Waals surface area contributed by atoms with Gasteiger partial charge in [0, 0.05) is 11.6 Å². The molecule has 0 spiro atoms. The molecule has 1 aliphatic rings. The number of imide groups is 1. The number of carbonyl (C=O) groups excluding carboxylic acids is 3. The number of ether oxygens (including phenoxy) is 3. The van der Waals surface area contributed by atoms with Gasteiger partial charge in [-0.2, -0.15) is 0 Å². The maximum atomic E-state index is 11.7. The van der Waals surface area contributed by atoms with Gasteiger partial charge in [-0.05, 0) is 19.1 Å². The maximum absolute atomic E-state index is 11.7. The van der Waals surface area contributed by atoms with Crippen LogP contribution in [-0.2, 0) is 19.1 Å². The normalized spacial score (nSPS) is 14.0. The molecule has 23 heavy (non-hydrogen) atoms. The second-order valence-electron chi connectivity index (χ2n) is 4.57. The van der Waals surface area contributed by atoms with Gasteiger partial charge < -0.3 is 14.2 Å². The number of hydrogen-bond donors (Lipinski definition) is 0. The molecule has 1 aliphatic heterocycles. The van der Waals surface area contributed by atoms with E-state index in [9.17, 15) is 14.4 Å². The lowest BCUT2D eigenvalue weighted by Crippen LogP contribution is -2.35. The number of cyclic esters (lactones) is 1. The van der Waals surface area contributed by atoms with E-state index < -0.39 is 24.6 Å². The highest BCUT2D eigenvalue weighted by Gasteiger charge is 2.28. The third kappa shape index (κ3) is 4.57. The first kappa shape index (κ1) is 16.5. The fourth-order valence-electron chi connectivity index (χ4n) is 1.94. The fourth-order valence-corrected chi connectivity index (χ4v) is 1.94. The molecule has 0 N–H and O–H groups in total. The minimum Gasteiger partial charge on any atom is -0.493 e. The van der Waals surface area contributed by atoms with E-state index in [-0.39, 0.29) is 13.2 Å². The van der Waals surface area contributed by atoms with E-state index in [0.717, 1.165) is 10.5 Å². The number of esters is 1. The first-order chi connectivity index (χ1) is 11.1. The molecule has 7 heteroatoms. The molecule has 122 valence electrons. The van der Waals surface area contributed by atoms with Gasteiger partial charge in [0.15, 0.2) is 6.61 Å². The van der Waals surface area contributed by atoms with E-state index in [2.05, 4.69) is 4.74 Å². The molecule has 0 saturated carbocycles. The zero-order valence-corrected chi connectivity index (χ0v) is 12.7. The van der Waals surface area contributed by atoms with E-state index >= 15 is 0 Å². The molecule has 1 heterocycles. The van der Waals surface area contributed by atoms with Crippen LogP contribution in [0.4, 0.5) is 4.79 Å². The Morgan fingerprint density at radius 1 is 1.35 bits per heavy atom. The number of para-hydroxylation sites is 1. The summed E-state index contributed by atoms with van der Waals surface area (Å²) in [5.74, 6) is -0.642. The predicted molar refractivity (Wildman–Crippen MR) is 80.7 cm³/mol. The van der Waals surface area contributed by atoms with Crippen molar-refractivity contribution in [3.05, 3.63) is 35.9 Å². The molecule has 2 amide bonds. The quantitative estimate of drug-likeness (QED) is 0.585. The van der Waals surface area contributed by atoms with Crippen LogP contribution < -0.4 is 4.74 Å². The Hall–Kier alpha value is -2.83. The Kier molecular flexibility index (Phi) is 5.74. The Morgan fingerprint density at radius 2 is 2.13 bits per heavy atom. The summed E-state index contributed by atoms with van der Waals surface area (Å²) < 4.78 is 14.9. The lowest BCUT2D eigenvalue weighted by atomic mass is 10.2. The number of rotatable bonds is 6. The molecule has 1 aromatic carbocycles. The molecule has 0 aromatic heterocycles. The predicted octanol–water partition coefficient (Wildman–Crippen LogP) is 1.62. The van der Waals surface area contributed by atoms with Gasteiger partial charge in [0.2, 0.25) is 0 Å². The second kappa shape index (κ2) is 7.98. The number of amides is 2. The van der Waals surface area contributed by atoms with Crippen LogP contribution >= 0.6 is 0 Å². The number of nitrogens with zero attached hydrogens (tertiary/aromatic N) is 1. The summed E-state index contributed by atoms with van der Waals surface area (Å²) in [6, 6.07) is 7.22. The van der Waals surface area contributed by atoms with Crippen molar-refractivity contribution in [2.75, 3.05) is 26.4 Å². The van der Waals surface area contributed by atoms with Crippen molar-refractivity contribution < 1.29 is 28.6 Å². The van der Waals surface area contributed by atoms with Crippen LogP contribution in [-0.4, -0.2) is 49.2 Å². The van der Waals surface area contributed by atoms with Crippen LogP contribution in [0, 0.1) is 0 Å². The molecule has 0 atom stereocenters. The molecule has 7 nitrogen and oxygen atoms in total. The van der Waals surface area contributed by atoms with Crippen LogP contribution in [0.25, 0.3) is 6.08 Å². The van der Waals surface area contributed by atoms with Gasteiger partial charge in [-0.1, -0.05) is 18.2 Å². The van der Waals surface area contributed by atoms with Crippen LogP contribution in [0.15, 0.2) is 30.3 Å². The average Bonchev–Trinajstić information content (AvgIpc) is 2.98. The molecular weight excluding hydrogens is 302 g/mol. The van der Waals surface area contributed by atoms with Crippen LogP contribution in [0.1, 0.15) is 12.5 Å². The SMILES string of the molecule is CCOc1ccccc1/C=C/C(=O)OCC(=O)N1CCOC1=O. The lowest BCUT2D eigenvalue weighted by Gasteiger charge is -2.10. The molecule has 2 rings (SSSR count). The Bertz CT molecular complexity index is 625. The molecule has 0 unspecified atom stereocenters. The zero-order valence-electron chi connectivity index (χ0n) is 12.7. The van der Waals surface area contributed by atoms with Gasteiger partial charge in [0.05, 0.1) is 13.2 Å². The van der Waals surface area contributed by atoms with Crippen LogP contribution in [0.5, 0.6) is 5.75 Å². The molecule has 0 radical (unpaired) electrons. The summed E-state index contributed by atoms with van der Waals surface area (Å²) in [5, 5.41) is 0. The summed E-state index contributed by atoms with van der Waals surface area (Å²) in [5.41, 5.74) is 0.723. The number of benzene rings is 1. The van der Waals surface area contributed by atoms with Crippen molar-refractivity contribution >= 4 is 24.0 Å². The standard InChI is InChI=1S/C16H17NO6/c1-2-21-13-6-4-3-5-12(13)7-8-15(19)23-11-14(18)17-9-10-22-16(17)20/h3-8H,2,9-11H2,1H3/b8-7+. The van der Waals surface area contributed by atoms with Crippen molar-refractivity contribution in [1.82, 2.24) is 4.90 Å². The smallest absolute Gasteiger partial charge is 0.416 e. The van der Waals surface area contributed by atoms with Gasteiger partial charge in [-0.25, -0.2) is 14.5 Å². The maximum Gasteiger partial charge on any atom is 0.416 e. The van der Waals surface area contributed by atoms with Gasteiger partial charge >= 0.3 is 12.1 Å². The summed E-state index contributed by atoms with van der Waals surface area (Å²) >= 11 is 0. The van der Waals surface area contributed by atoms with Gasteiger partial charge in [-0.3, -0.25) is 4.79 Å². The number of hydrogen-bond acceptors (Lipinski definition) is 6. The third-order valence-electron chi connectivity index (χ3n) is 3.02. The highest BCUT2D eigenvalue weighted by molar-refractivity contribution is 5.95. The largest absolute Gasteiger partial charge is 0.493 e. The highest BCUT2D eigenvalue weighted by Crippen LogP contribution is 2.19.